The van der Waals surface area contributed by atoms with Gasteiger partial charge in [0.25, 0.3) is 0 Å². The molecule has 0 aliphatic heterocycles. The van der Waals surface area contributed by atoms with E-state index in [1.165, 1.54) is 13.1 Å². The molecule has 1 aromatic rings. The largest absolute Gasteiger partial charge is 0.460 e. The van der Waals surface area contributed by atoms with E-state index in [9.17, 15) is 13.2 Å². The SMILES string of the molecule is CC(C(=O)OCc1ccc(Cl)nc1)S(C)(=O)=O. The molecule has 0 spiro atoms. The van der Waals surface area contributed by atoms with Crippen molar-refractivity contribution < 1.29 is 17.9 Å². The molecule has 1 atom stereocenters. The van der Waals surface area contributed by atoms with Crippen LogP contribution >= 0.6 is 11.6 Å². The van der Waals surface area contributed by atoms with E-state index in [4.69, 9.17) is 16.3 Å². The van der Waals surface area contributed by atoms with E-state index in [1.54, 1.807) is 12.1 Å². The first-order valence-electron chi connectivity index (χ1n) is 4.76. The van der Waals surface area contributed by atoms with Crippen LogP contribution in [0.1, 0.15) is 12.5 Å². The molecule has 5 nitrogen and oxygen atoms in total. The van der Waals surface area contributed by atoms with Crippen LogP contribution < -0.4 is 0 Å². The van der Waals surface area contributed by atoms with E-state index in [1.807, 2.05) is 0 Å². The van der Waals surface area contributed by atoms with Gasteiger partial charge in [-0.1, -0.05) is 17.7 Å². The Hall–Kier alpha value is -1.14. The van der Waals surface area contributed by atoms with Crippen molar-refractivity contribution in [1.82, 2.24) is 4.98 Å². The van der Waals surface area contributed by atoms with Crippen molar-refractivity contribution in [3.63, 3.8) is 0 Å². The fourth-order valence-corrected chi connectivity index (χ4v) is 1.47. The van der Waals surface area contributed by atoms with Crippen molar-refractivity contribution in [2.24, 2.45) is 0 Å². The summed E-state index contributed by atoms with van der Waals surface area (Å²) in [5.41, 5.74) is 0.642. The van der Waals surface area contributed by atoms with Gasteiger partial charge in [0.05, 0.1) is 0 Å². The van der Waals surface area contributed by atoms with Crippen molar-refractivity contribution in [3.05, 3.63) is 29.0 Å². The highest BCUT2D eigenvalue weighted by atomic mass is 35.5. The van der Waals surface area contributed by atoms with Crippen molar-refractivity contribution in [2.45, 2.75) is 18.8 Å². The number of carbonyl (C=O) groups is 1. The molecule has 0 fully saturated rings. The summed E-state index contributed by atoms with van der Waals surface area (Å²) in [4.78, 5) is 15.2. The number of pyridine rings is 1. The second-order valence-corrected chi connectivity index (χ2v) is 6.32. The van der Waals surface area contributed by atoms with Crippen LogP contribution in [0.3, 0.4) is 0 Å². The van der Waals surface area contributed by atoms with Crippen LogP contribution in [0.25, 0.3) is 0 Å². The summed E-state index contributed by atoms with van der Waals surface area (Å²) in [5, 5.41) is -0.827. The molecule has 0 saturated heterocycles. The summed E-state index contributed by atoms with van der Waals surface area (Å²) in [5.74, 6) is -0.776. The molecule has 0 aromatic carbocycles. The molecule has 0 aliphatic carbocycles. The zero-order valence-corrected chi connectivity index (χ0v) is 11.0. The lowest BCUT2D eigenvalue weighted by molar-refractivity contribution is -0.144. The van der Waals surface area contributed by atoms with Gasteiger partial charge in [0, 0.05) is 18.0 Å². The van der Waals surface area contributed by atoms with E-state index in [2.05, 4.69) is 4.98 Å². The number of rotatable bonds is 4. The number of hydrogen-bond acceptors (Lipinski definition) is 5. The molecule has 1 aromatic heterocycles. The number of nitrogens with zero attached hydrogens (tertiary/aromatic N) is 1. The maximum atomic E-state index is 11.4. The molecule has 0 saturated carbocycles. The highest BCUT2D eigenvalue weighted by Crippen LogP contribution is 2.08. The normalized spacial score (nSPS) is 13.1. The van der Waals surface area contributed by atoms with Crippen LogP contribution in [-0.2, 0) is 26.0 Å². The first-order chi connectivity index (χ1) is 7.80. The Morgan fingerprint density at radius 3 is 2.65 bits per heavy atom. The van der Waals surface area contributed by atoms with E-state index < -0.39 is 21.1 Å². The Morgan fingerprint density at radius 2 is 2.18 bits per heavy atom. The molecule has 1 rings (SSSR count). The summed E-state index contributed by atoms with van der Waals surface area (Å²) in [6, 6.07) is 3.21. The molecular weight excluding hydrogens is 266 g/mol. The maximum absolute atomic E-state index is 11.4. The second-order valence-electron chi connectivity index (χ2n) is 3.57. The van der Waals surface area contributed by atoms with E-state index >= 15 is 0 Å². The summed E-state index contributed by atoms with van der Waals surface area (Å²) in [6.07, 6.45) is 2.45. The fraction of sp³-hybridized carbons (Fsp3) is 0.400. The first-order valence-corrected chi connectivity index (χ1v) is 7.10. The van der Waals surface area contributed by atoms with Crippen molar-refractivity contribution in [3.8, 4) is 0 Å². The number of ether oxygens (including phenoxy) is 1. The van der Waals surface area contributed by atoms with Gasteiger partial charge in [0.2, 0.25) is 0 Å². The lowest BCUT2D eigenvalue weighted by Gasteiger charge is -2.09. The van der Waals surface area contributed by atoms with Gasteiger partial charge < -0.3 is 4.74 Å². The molecule has 7 heteroatoms. The average Bonchev–Trinajstić information content (AvgIpc) is 2.25. The average molecular weight is 278 g/mol. The van der Waals surface area contributed by atoms with Crippen LogP contribution in [0.5, 0.6) is 0 Å². The van der Waals surface area contributed by atoms with E-state index in [0.717, 1.165) is 6.26 Å². The number of hydrogen-bond donors (Lipinski definition) is 0. The van der Waals surface area contributed by atoms with E-state index in [0.29, 0.717) is 10.7 Å². The van der Waals surface area contributed by atoms with Crippen LogP contribution in [0, 0.1) is 0 Å². The molecule has 1 heterocycles. The van der Waals surface area contributed by atoms with Gasteiger partial charge in [-0.15, -0.1) is 0 Å². The number of sulfone groups is 1. The third kappa shape index (κ3) is 4.32. The Morgan fingerprint density at radius 1 is 1.53 bits per heavy atom. The molecule has 17 heavy (non-hydrogen) atoms. The molecule has 0 amide bonds. The van der Waals surface area contributed by atoms with Crippen molar-refractivity contribution in [2.75, 3.05) is 6.26 Å². The summed E-state index contributed by atoms with van der Waals surface area (Å²) >= 11 is 5.59. The zero-order chi connectivity index (χ0) is 13.1. The molecule has 1 unspecified atom stereocenters. The number of halogens is 1. The standard InChI is InChI=1S/C10H12ClNO4S/c1-7(17(2,14)15)10(13)16-6-8-3-4-9(11)12-5-8/h3-5,7H,6H2,1-2H3. The fourth-order valence-electron chi connectivity index (χ4n) is 0.938. The van der Waals surface area contributed by atoms with Crippen LogP contribution in [-0.4, -0.2) is 30.9 Å². The third-order valence-electron chi connectivity index (χ3n) is 2.14. The number of carbonyl (C=O) groups excluding carboxylic acids is 1. The van der Waals surface area contributed by atoms with Gasteiger partial charge in [-0.2, -0.15) is 0 Å². The van der Waals surface area contributed by atoms with Gasteiger partial charge in [0.1, 0.15) is 11.8 Å². The van der Waals surface area contributed by atoms with Gasteiger partial charge in [-0.05, 0) is 13.0 Å². The van der Waals surface area contributed by atoms with Gasteiger partial charge >= 0.3 is 5.97 Å². The Labute approximate surface area is 105 Å². The minimum atomic E-state index is -3.42. The Bertz CT molecular complexity index is 498. The molecule has 0 radical (unpaired) electrons. The predicted octanol–water partition coefficient (Wildman–Crippen LogP) is 1.21. The van der Waals surface area contributed by atoms with Gasteiger partial charge in [-0.25, -0.2) is 13.4 Å². The third-order valence-corrected chi connectivity index (χ3v) is 3.84. The Balaban J connectivity index is 2.57. The number of esters is 1. The van der Waals surface area contributed by atoms with Crippen molar-refractivity contribution in [1.29, 1.82) is 0 Å². The van der Waals surface area contributed by atoms with Crippen LogP contribution in [0.2, 0.25) is 5.15 Å². The lowest BCUT2D eigenvalue weighted by Crippen LogP contribution is -2.28. The minimum absolute atomic E-state index is 0.0249. The molecule has 0 bridgehead atoms. The predicted molar refractivity (Wildman–Crippen MR) is 63.3 cm³/mol. The zero-order valence-electron chi connectivity index (χ0n) is 9.38. The summed E-state index contributed by atoms with van der Waals surface area (Å²) < 4.78 is 27.1. The smallest absolute Gasteiger partial charge is 0.324 e. The maximum Gasteiger partial charge on any atom is 0.324 e. The second kappa shape index (κ2) is 5.46. The molecule has 0 aliphatic rings. The summed E-state index contributed by atoms with van der Waals surface area (Å²) in [6.45, 7) is 1.26. The molecule has 0 N–H and O–H groups in total. The quantitative estimate of drug-likeness (QED) is 0.611. The lowest BCUT2D eigenvalue weighted by atomic mass is 10.3. The van der Waals surface area contributed by atoms with Crippen molar-refractivity contribution >= 4 is 27.4 Å². The summed E-state index contributed by atoms with van der Waals surface area (Å²) in [7, 11) is -3.42. The highest BCUT2D eigenvalue weighted by molar-refractivity contribution is 7.92. The first kappa shape index (κ1) is 13.9. The van der Waals surface area contributed by atoms with Crippen LogP contribution in [0.15, 0.2) is 18.3 Å². The Kier molecular flexibility index (Phi) is 4.47. The van der Waals surface area contributed by atoms with E-state index in [-0.39, 0.29) is 6.61 Å². The van der Waals surface area contributed by atoms with Gasteiger partial charge in [-0.3, -0.25) is 4.79 Å². The molecular formula is C10H12ClNO4S. The van der Waals surface area contributed by atoms with Crippen LogP contribution in [0.4, 0.5) is 0 Å². The minimum Gasteiger partial charge on any atom is -0.460 e. The highest BCUT2D eigenvalue weighted by Gasteiger charge is 2.24. The topological polar surface area (TPSA) is 73.3 Å². The molecule has 94 valence electrons. The number of aromatic nitrogens is 1. The monoisotopic (exact) mass is 277 g/mol. The van der Waals surface area contributed by atoms with Gasteiger partial charge in [0.15, 0.2) is 15.1 Å².